The number of nitrogens with two attached hydrogens (primary N) is 1. The minimum atomic E-state index is -1.12. The lowest BCUT2D eigenvalue weighted by Gasteiger charge is -2.14. The maximum absolute atomic E-state index is 5.79. The Kier molecular flexibility index (Phi) is 7.72. The van der Waals surface area contributed by atoms with Gasteiger partial charge in [0.05, 0.1) is 0 Å². The molecule has 0 unspecified atom stereocenters. The Bertz CT molecular complexity index is 325. The van der Waals surface area contributed by atoms with Crippen molar-refractivity contribution in [2.24, 2.45) is 0 Å². The second kappa shape index (κ2) is 9.14. The molecule has 0 aliphatic carbocycles. The molecule has 0 aromatic heterocycles. The van der Waals surface area contributed by atoms with Crippen LogP contribution in [0.4, 0.5) is 5.69 Å². The Labute approximate surface area is 112 Å². The van der Waals surface area contributed by atoms with E-state index in [4.69, 9.17) is 14.6 Å². The van der Waals surface area contributed by atoms with Gasteiger partial charge in [-0.2, -0.15) is 0 Å². The van der Waals surface area contributed by atoms with E-state index in [2.05, 4.69) is 19.9 Å². The van der Waals surface area contributed by atoms with Gasteiger partial charge in [0, 0.05) is 18.9 Å². The van der Waals surface area contributed by atoms with Crippen molar-refractivity contribution in [2.45, 2.75) is 39.2 Å². The van der Waals surface area contributed by atoms with Crippen molar-refractivity contribution in [1.82, 2.24) is 0 Å². The van der Waals surface area contributed by atoms with Crippen LogP contribution in [-0.4, -0.2) is 22.5 Å². The summed E-state index contributed by atoms with van der Waals surface area (Å²) in [6.07, 6.45) is 3.07. The van der Waals surface area contributed by atoms with Gasteiger partial charge in [0.25, 0.3) is 0 Å². The van der Waals surface area contributed by atoms with Crippen molar-refractivity contribution >= 4 is 15.0 Å². The zero-order valence-corrected chi connectivity index (χ0v) is 12.4. The lowest BCUT2D eigenvalue weighted by atomic mass is 10.1. The Morgan fingerprint density at radius 2 is 1.78 bits per heavy atom. The Hall–Kier alpha value is -0.843. The van der Waals surface area contributed by atoms with E-state index in [1.807, 2.05) is 18.2 Å². The van der Waals surface area contributed by atoms with E-state index in [-0.39, 0.29) is 0 Å². The van der Waals surface area contributed by atoms with Gasteiger partial charge in [0.1, 0.15) is 0 Å². The SMILES string of the molecule is CCCO[Si](CCc1cccc(N)c1)OCCC. The fourth-order valence-corrected chi connectivity index (χ4v) is 3.34. The molecule has 3 nitrogen and oxygen atoms in total. The van der Waals surface area contributed by atoms with Crippen LogP contribution in [0.25, 0.3) is 0 Å². The van der Waals surface area contributed by atoms with Crippen molar-refractivity contribution in [1.29, 1.82) is 0 Å². The maximum Gasteiger partial charge on any atom is 0.384 e. The Morgan fingerprint density at radius 3 is 2.33 bits per heavy atom. The molecule has 0 fully saturated rings. The molecular weight excluding hydrogens is 242 g/mol. The van der Waals surface area contributed by atoms with Crippen molar-refractivity contribution in [3.05, 3.63) is 29.8 Å². The molecule has 0 spiro atoms. The lowest BCUT2D eigenvalue weighted by Crippen LogP contribution is -2.24. The van der Waals surface area contributed by atoms with Crippen molar-refractivity contribution in [3.63, 3.8) is 0 Å². The number of hydrogen-bond donors (Lipinski definition) is 1. The van der Waals surface area contributed by atoms with E-state index in [0.29, 0.717) is 0 Å². The Morgan fingerprint density at radius 1 is 1.11 bits per heavy atom. The van der Waals surface area contributed by atoms with Gasteiger partial charge in [-0.1, -0.05) is 26.0 Å². The zero-order chi connectivity index (χ0) is 13.2. The summed E-state index contributed by atoms with van der Waals surface area (Å²) < 4.78 is 11.6. The minimum absolute atomic E-state index is 0.801. The van der Waals surface area contributed by atoms with E-state index < -0.39 is 9.28 Å². The van der Waals surface area contributed by atoms with Gasteiger partial charge in [-0.3, -0.25) is 0 Å². The fraction of sp³-hybridized carbons (Fsp3) is 0.571. The average molecular weight is 266 g/mol. The molecule has 0 amide bonds. The first-order valence-electron chi connectivity index (χ1n) is 6.72. The number of nitrogen functional groups attached to an aromatic ring is 1. The molecule has 0 aliphatic rings. The monoisotopic (exact) mass is 266 g/mol. The van der Waals surface area contributed by atoms with Crippen molar-refractivity contribution in [3.8, 4) is 0 Å². The molecule has 101 valence electrons. The average Bonchev–Trinajstić information content (AvgIpc) is 2.38. The van der Waals surface area contributed by atoms with Crippen LogP contribution >= 0.6 is 0 Å². The predicted molar refractivity (Wildman–Crippen MR) is 77.6 cm³/mol. The summed E-state index contributed by atoms with van der Waals surface area (Å²) in [6, 6.07) is 9.02. The maximum atomic E-state index is 5.79. The lowest BCUT2D eigenvalue weighted by molar-refractivity contribution is 0.196. The molecule has 0 heterocycles. The summed E-state index contributed by atoms with van der Waals surface area (Å²) in [5, 5.41) is 0. The van der Waals surface area contributed by atoms with Gasteiger partial charge in [-0.25, -0.2) is 0 Å². The van der Waals surface area contributed by atoms with Crippen LogP contribution in [0.2, 0.25) is 6.04 Å². The van der Waals surface area contributed by atoms with Crippen LogP contribution in [0.15, 0.2) is 24.3 Å². The number of benzene rings is 1. The molecule has 1 rings (SSSR count). The molecule has 2 N–H and O–H groups in total. The van der Waals surface area contributed by atoms with Gasteiger partial charge in [-0.05, 0) is 43.0 Å². The van der Waals surface area contributed by atoms with Crippen LogP contribution in [0.3, 0.4) is 0 Å². The smallest absolute Gasteiger partial charge is 0.384 e. The zero-order valence-electron chi connectivity index (χ0n) is 11.4. The molecule has 1 radical (unpaired) electrons. The van der Waals surface area contributed by atoms with E-state index in [9.17, 15) is 0 Å². The van der Waals surface area contributed by atoms with Crippen LogP contribution in [0.1, 0.15) is 32.3 Å². The first kappa shape index (κ1) is 15.2. The van der Waals surface area contributed by atoms with E-state index in [0.717, 1.165) is 44.2 Å². The molecule has 18 heavy (non-hydrogen) atoms. The highest BCUT2D eigenvalue weighted by molar-refractivity contribution is 6.44. The summed E-state index contributed by atoms with van der Waals surface area (Å²) in [5.41, 5.74) is 7.86. The molecule has 0 saturated heterocycles. The molecule has 4 heteroatoms. The van der Waals surface area contributed by atoms with Gasteiger partial charge >= 0.3 is 9.28 Å². The number of anilines is 1. The first-order chi connectivity index (χ1) is 8.76. The summed E-state index contributed by atoms with van der Waals surface area (Å²) in [4.78, 5) is 0. The third-order valence-corrected chi connectivity index (χ3v) is 4.21. The van der Waals surface area contributed by atoms with Crippen LogP contribution in [0, 0.1) is 0 Å². The third kappa shape index (κ3) is 6.19. The van der Waals surface area contributed by atoms with Crippen molar-refractivity contribution in [2.75, 3.05) is 18.9 Å². The quantitative estimate of drug-likeness (QED) is 0.551. The second-order valence-corrected chi connectivity index (χ2v) is 6.14. The molecule has 1 aromatic carbocycles. The third-order valence-electron chi connectivity index (χ3n) is 2.50. The fourth-order valence-electron chi connectivity index (χ4n) is 1.61. The Balaban J connectivity index is 2.39. The first-order valence-corrected chi connectivity index (χ1v) is 8.24. The second-order valence-electron chi connectivity index (χ2n) is 4.31. The van der Waals surface area contributed by atoms with E-state index >= 15 is 0 Å². The normalized spacial score (nSPS) is 11.1. The van der Waals surface area contributed by atoms with E-state index in [1.54, 1.807) is 0 Å². The highest BCUT2D eigenvalue weighted by Gasteiger charge is 2.15. The van der Waals surface area contributed by atoms with Crippen LogP contribution in [0.5, 0.6) is 0 Å². The molecule has 0 aliphatic heterocycles. The predicted octanol–water partition coefficient (Wildman–Crippen LogP) is 3.15. The molecule has 1 aromatic rings. The number of aryl methyl sites for hydroxylation is 1. The summed E-state index contributed by atoms with van der Waals surface area (Å²) >= 11 is 0. The molecular formula is C14H24NO2Si. The summed E-state index contributed by atoms with van der Waals surface area (Å²) in [7, 11) is -1.12. The van der Waals surface area contributed by atoms with Crippen LogP contribution in [-0.2, 0) is 15.3 Å². The highest BCUT2D eigenvalue weighted by Crippen LogP contribution is 2.11. The topological polar surface area (TPSA) is 44.5 Å². The van der Waals surface area contributed by atoms with Gasteiger partial charge in [0.2, 0.25) is 0 Å². The van der Waals surface area contributed by atoms with Gasteiger partial charge in [-0.15, -0.1) is 0 Å². The largest absolute Gasteiger partial charge is 0.399 e. The van der Waals surface area contributed by atoms with E-state index in [1.165, 1.54) is 5.56 Å². The molecule has 0 bridgehead atoms. The summed E-state index contributed by atoms with van der Waals surface area (Å²) in [6.45, 7) is 5.85. The number of hydrogen-bond acceptors (Lipinski definition) is 3. The highest BCUT2D eigenvalue weighted by atomic mass is 28.3. The molecule has 0 atom stereocenters. The minimum Gasteiger partial charge on any atom is -0.399 e. The summed E-state index contributed by atoms with van der Waals surface area (Å²) in [5.74, 6) is 0. The van der Waals surface area contributed by atoms with Gasteiger partial charge in [0.15, 0.2) is 0 Å². The van der Waals surface area contributed by atoms with Crippen LogP contribution < -0.4 is 5.73 Å². The standard InChI is InChI=1S/C14H24NO2Si/c1-3-9-16-18(17-10-4-2)11-8-13-6-5-7-14(15)12-13/h5-7,12H,3-4,8-11,15H2,1-2H3. The number of rotatable bonds is 9. The van der Waals surface area contributed by atoms with Crippen molar-refractivity contribution < 1.29 is 8.85 Å². The van der Waals surface area contributed by atoms with Gasteiger partial charge < -0.3 is 14.6 Å². The molecule has 0 saturated carbocycles.